The molecule has 0 radical (unpaired) electrons. The molecule has 0 saturated heterocycles. The fourth-order valence-electron chi connectivity index (χ4n) is 2.39. The van der Waals surface area contributed by atoms with Gasteiger partial charge < -0.3 is 10.0 Å². The van der Waals surface area contributed by atoms with Crippen LogP contribution in [0.4, 0.5) is 5.69 Å². The fraction of sp³-hybridized carbons (Fsp3) is 0.312. The van der Waals surface area contributed by atoms with Crippen LogP contribution >= 0.6 is 0 Å². The second-order valence-corrected chi connectivity index (χ2v) is 5.32. The molecule has 1 N–H and O–H groups in total. The van der Waals surface area contributed by atoms with E-state index >= 15 is 0 Å². The van der Waals surface area contributed by atoms with Crippen LogP contribution < -0.4 is 4.90 Å². The van der Waals surface area contributed by atoms with Gasteiger partial charge in [0.05, 0.1) is 16.8 Å². The maximum absolute atomic E-state index is 11.2. The molecule has 0 aliphatic heterocycles. The van der Waals surface area contributed by atoms with Gasteiger partial charge in [-0.05, 0) is 12.0 Å². The van der Waals surface area contributed by atoms with Crippen LogP contribution in [0.1, 0.15) is 19.4 Å². The monoisotopic (exact) mass is 283 g/mol. The number of anilines is 1. The van der Waals surface area contributed by atoms with Gasteiger partial charge in [0.25, 0.3) is 0 Å². The summed E-state index contributed by atoms with van der Waals surface area (Å²) in [5, 5.41) is 19.3. The van der Waals surface area contributed by atoms with E-state index < -0.39 is 5.97 Å². The first-order valence-electron chi connectivity index (χ1n) is 6.77. The Balaban J connectivity index is 2.64. The van der Waals surface area contributed by atoms with E-state index in [9.17, 15) is 10.1 Å². The van der Waals surface area contributed by atoms with Crippen molar-refractivity contribution >= 4 is 22.6 Å². The SMILES string of the molecule is CC(C)CN(CC(=O)O)c1c(C#N)cnc2ccccc12. The molecule has 2 aromatic rings. The zero-order chi connectivity index (χ0) is 15.4. The zero-order valence-electron chi connectivity index (χ0n) is 12.1. The van der Waals surface area contributed by atoms with Crippen LogP contribution in [0.15, 0.2) is 30.5 Å². The number of aromatic nitrogens is 1. The average Bonchev–Trinajstić information content (AvgIpc) is 2.44. The Bertz CT molecular complexity index is 704. The minimum Gasteiger partial charge on any atom is -0.480 e. The number of pyridine rings is 1. The number of fused-ring (bicyclic) bond motifs is 1. The number of carboxylic acid groups (broad SMARTS) is 1. The molecule has 2 rings (SSSR count). The van der Waals surface area contributed by atoms with Crippen molar-refractivity contribution in [3.8, 4) is 6.07 Å². The van der Waals surface area contributed by atoms with Crippen molar-refractivity contribution in [1.29, 1.82) is 5.26 Å². The molecule has 5 heteroatoms. The molecule has 0 atom stereocenters. The Kier molecular flexibility index (Phi) is 4.39. The van der Waals surface area contributed by atoms with E-state index in [2.05, 4.69) is 11.1 Å². The van der Waals surface area contributed by atoms with Gasteiger partial charge in [0.2, 0.25) is 0 Å². The summed E-state index contributed by atoms with van der Waals surface area (Å²) in [5.41, 5.74) is 1.81. The van der Waals surface area contributed by atoms with Crippen LogP contribution in [0, 0.1) is 17.2 Å². The first-order chi connectivity index (χ1) is 10.0. The summed E-state index contributed by atoms with van der Waals surface area (Å²) in [6, 6.07) is 9.58. The van der Waals surface area contributed by atoms with Crippen LogP contribution in [-0.4, -0.2) is 29.1 Å². The quantitative estimate of drug-likeness (QED) is 0.912. The first kappa shape index (κ1) is 14.8. The largest absolute Gasteiger partial charge is 0.480 e. The molecule has 5 nitrogen and oxygen atoms in total. The number of nitriles is 1. The molecule has 0 spiro atoms. The molecule has 0 aliphatic carbocycles. The van der Waals surface area contributed by atoms with Crippen LogP contribution in [-0.2, 0) is 4.79 Å². The standard InChI is InChI=1S/C16H17N3O2/c1-11(2)9-19(10-15(20)21)16-12(7-17)8-18-14-6-4-3-5-13(14)16/h3-6,8,11H,9-10H2,1-2H3,(H,20,21). The van der Waals surface area contributed by atoms with Gasteiger partial charge in [-0.1, -0.05) is 32.0 Å². The Morgan fingerprint density at radius 2 is 2.14 bits per heavy atom. The molecular weight excluding hydrogens is 266 g/mol. The highest BCUT2D eigenvalue weighted by Crippen LogP contribution is 2.29. The van der Waals surface area contributed by atoms with Crippen LogP contribution in [0.25, 0.3) is 10.9 Å². The summed E-state index contributed by atoms with van der Waals surface area (Å²) < 4.78 is 0. The Labute approximate surface area is 123 Å². The molecule has 108 valence electrons. The molecule has 0 saturated carbocycles. The number of benzene rings is 1. The number of carboxylic acids is 1. The summed E-state index contributed by atoms with van der Waals surface area (Å²) >= 11 is 0. The van der Waals surface area contributed by atoms with Crippen molar-refractivity contribution < 1.29 is 9.90 Å². The number of hydrogen-bond acceptors (Lipinski definition) is 4. The summed E-state index contributed by atoms with van der Waals surface area (Å²) in [6.45, 7) is 4.46. The van der Waals surface area contributed by atoms with Crippen molar-refractivity contribution in [1.82, 2.24) is 4.98 Å². The van der Waals surface area contributed by atoms with E-state index in [0.29, 0.717) is 17.8 Å². The van der Waals surface area contributed by atoms with Crippen LogP contribution in [0.3, 0.4) is 0 Å². The average molecular weight is 283 g/mol. The number of nitrogens with zero attached hydrogens (tertiary/aromatic N) is 3. The lowest BCUT2D eigenvalue weighted by Gasteiger charge is -2.27. The molecule has 0 aliphatic rings. The van der Waals surface area contributed by atoms with E-state index in [-0.39, 0.29) is 12.5 Å². The van der Waals surface area contributed by atoms with Crippen molar-refractivity contribution in [3.63, 3.8) is 0 Å². The molecule has 0 fully saturated rings. The lowest BCUT2D eigenvalue weighted by atomic mass is 10.1. The molecule has 1 aromatic heterocycles. The fourth-order valence-corrected chi connectivity index (χ4v) is 2.39. The maximum atomic E-state index is 11.2. The van der Waals surface area contributed by atoms with Gasteiger partial charge in [-0.15, -0.1) is 0 Å². The van der Waals surface area contributed by atoms with E-state index in [1.807, 2.05) is 38.1 Å². The van der Waals surface area contributed by atoms with Crippen molar-refractivity contribution in [2.24, 2.45) is 5.92 Å². The minimum absolute atomic E-state index is 0.138. The van der Waals surface area contributed by atoms with Gasteiger partial charge in [0.15, 0.2) is 0 Å². The summed E-state index contributed by atoms with van der Waals surface area (Å²) in [6.07, 6.45) is 1.51. The van der Waals surface area contributed by atoms with E-state index in [0.717, 1.165) is 10.9 Å². The number of carbonyl (C=O) groups is 1. The predicted octanol–water partition coefficient (Wildman–Crippen LogP) is 2.65. The third-order valence-corrected chi connectivity index (χ3v) is 3.10. The van der Waals surface area contributed by atoms with Gasteiger partial charge in [0, 0.05) is 18.1 Å². The Morgan fingerprint density at radius 3 is 2.76 bits per heavy atom. The van der Waals surface area contributed by atoms with Crippen molar-refractivity contribution in [2.45, 2.75) is 13.8 Å². The van der Waals surface area contributed by atoms with E-state index in [1.165, 1.54) is 6.20 Å². The highest BCUT2D eigenvalue weighted by Gasteiger charge is 2.19. The predicted molar refractivity (Wildman–Crippen MR) is 81.1 cm³/mol. The Morgan fingerprint density at radius 1 is 1.43 bits per heavy atom. The second-order valence-electron chi connectivity index (χ2n) is 5.32. The third-order valence-electron chi connectivity index (χ3n) is 3.10. The smallest absolute Gasteiger partial charge is 0.323 e. The van der Waals surface area contributed by atoms with E-state index in [4.69, 9.17) is 5.11 Å². The van der Waals surface area contributed by atoms with Crippen molar-refractivity contribution in [2.75, 3.05) is 18.0 Å². The maximum Gasteiger partial charge on any atom is 0.323 e. The Hall–Kier alpha value is -2.61. The summed E-state index contributed by atoms with van der Waals surface area (Å²) in [4.78, 5) is 17.2. The van der Waals surface area contributed by atoms with Gasteiger partial charge >= 0.3 is 5.97 Å². The number of rotatable bonds is 5. The van der Waals surface area contributed by atoms with Gasteiger partial charge in [-0.2, -0.15) is 5.26 Å². The molecule has 0 amide bonds. The first-order valence-corrected chi connectivity index (χ1v) is 6.77. The molecule has 1 aromatic carbocycles. The topological polar surface area (TPSA) is 77.2 Å². The molecular formula is C16H17N3O2. The molecule has 0 unspecified atom stereocenters. The van der Waals surface area contributed by atoms with Gasteiger partial charge in [0.1, 0.15) is 12.6 Å². The lowest BCUT2D eigenvalue weighted by Crippen LogP contribution is -2.33. The minimum atomic E-state index is -0.916. The van der Waals surface area contributed by atoms with Crippen LogP contribution in [0.2, 0.25) is 0 Å². The van der Waals surface area contributed by atoms with Gasteiger partial charge in [-0.25, -0.2) is 0 Å². The number of aliphatic carboxylic acids is 1. The molecule has 21 heavy (non-hydrogen) atoms. The third kappa shape index (κ3) is 3.29. The van der Waals surface area contributed by atoms with E-state index in [1.54, 1.807) is 4.90 Å². The highest BCUT2D eigenvalue weighted by molar-refractivity contribution is 5.95. The second kappa shape index (κ2) is 6.23. The highest BCUT2D eigenvalue weighted by atomic mass is 16.4. The van der Waals surface area contributed by atoms with Gasteiger partial charge in [-0.3, -0.25) is 9.78 Å². The van der Waals surface area contributed by atoms with Crippen LogP contribution in [0.5, 0.6) is 0 Å². The molecule has 1 heterocycles. The van der Waals surface area contributed by atoms with Crippen molar-refractivity contribution in [3.05, 3.63) is 36.0 Å². The molecule has 0 bridgehead atoms. The summed E-state index contributed by atoms with van der Waals surface area (Å²) in [5.74, 6) is -0.636. The summed E-state index contributed by atoms with van der Waals surface area (Å²) in [7, 11) is 0. The number of hydrogen-bond donors (Lipinski definition) is 1. The lowest BCUT2D eigenvalue weighted by molar-refractivity contribution is -0.135. The normalized spacial score (nSPS) is 10.6. The zero-order valence-corrected chi connectivity index (χ0v) is 12.1. The number of para-hydroxylation sites is 1.